The monoisotopic (exact) mass is 179 g/mol. The lowest BCUT2D eigenvalue weighted by Crippen LogP contribution is -2.30. The highest BCUT2D eigenvalue weighted by molar-refractivity contribution is 5.05. The van der Waals surface area contributed by atoms with Gasteiger partial charge in [-0.3, -0.25) is 9.78 Å². The fourth-order valence-electron chi connectivity index (χ4n) is 1.75. The Kier molecular flexibility index (Phi) is 2.40. The number of nitrogens with zero attached hydrogens (tertiary/aromatic N) is 1. The number of aromatic nitrogens is 2. The molecule has 0 saturated carbocycles. The van der Waals surface area contributed by atoms with Gasteiger partial charge in [0.05, 0.1) is 0 Å². The summed E-state index contributed by atoms with van der Waals surface area (Å²) >= 11 is 0. The molecule has 1 saturated heterocycles. The van der Waals surface area contributed by atoms with E-state index in [2.05, 4.69) is 15.3 Å². The molecule has 2 rings (SSSR count). The van der Waals surface area contributed by atoms with Gasteiger partial charge in [0.15, 0.2) is 0 Å². The van der Waals surface area contributed by atoms with Gasteiger partial charge < -0.3 is 10.3 Å². The summed E-state index contributed by atoms with van der Waals surface area (Å²) in [5.41, 5.74) is 0.665. The zero-order valence-electron chi connectivity index (χ0n) is 7.42. The van der Waals surface area contributed by atoms with Crippen molar-refractivity contribution in [3.8, 4) is 0 Å². The predicted octanol–water partition coefficient (Wildman–Crippen LogP) is 0.237. The van der Waals surface area contributed by atoms with E-state index in [1.165, 1.54) is 0 Å². The van der Waals surface area contributed by atoms with E-state index in [1.54, 1.807) is 12.4 Å². The Morgan fingerprint density at radius 2 is 2.15 bits per heavy atom. The number of rotatable bonds is 1. The van der Waals surface area contributed by atoms with Crippen molar-refractivity contribution in [1.82, 2.24) is 15.3 Å². The Hall–Kier alpha value is -1.16. The number of hydrogen-bond acceptors (Lipinski definition) is 3. The summed E-state index contributed by atoms with van der Waals surface area (Å²) in [6, 6.07) is 0. The lowest BCUT2D eigenvalue weighted by Gasteiger charge is -2.20. The summed E-state index contributed by atoms with van der Waals surface area (Å²) in [6.07, 6.45) is 5.26. The van der Waals surface area contributed by atoms with Crippen LogP contribution in [0.15, 0.2) is 17.2 Å². The van der Waals surface area contributed by atoms with Crippen molar-refractivity contribution in [2.24, 2.45) is 0 Å². The maximum atomic E-state index is 11.4. The molecule has 1 aliphatic rings. The average molecular weight is 179 g/mol. The minimum atomic E-state index is -0.0330. The molecule has 0 amide bonds. The predicted molar refractivity (Wildman–Crippen MR) is 49.7 cm³/mol. The third-order valence-electron chi connectivity index (χ3n) is 2.46. The first-order chi connectivity index (χ1) is 6.38. The third kappa shape index (κ3) is 1.78. The smallest absolute Gasteiger partial charge is 0.269 e. The van der Waals surface area contributed by atoms with Crippen LogP contribution in [0.1, 0.15) is 24.5 Å². The minimum absolute atomic E-state index is 0.0330. The van der Waals surface area contributed by atoms with Gasteiger partial charge in [-0.15, -0.1) is 0 Å². The molecule has 2 N–H and O–H groups in total. The summed E-state index contributed by atoms with van der Waals surface area (Å²) < 4.78 is 0. The molecule has 0 spiro atoms. The maximum absolute atomic E-state index is 11.4. The quantitative estimate of drug-likeness (QED) is 0.649. The number of nitrogens with one attached hydrogen (secondary N) is 2. The van der Waals surface area contributed by atoms with Gasteiger partial charge in [0.25, 0.3) is 5.56 Å². The van der Waals surface area contributed by atoms with E-state index in [9.17, 15) is 4.79 Å². The Morgan fingerprint density at radius 1 is 1.38 bits per heavy atom. The van der Waals surface area contributed by atoms with E-state index in [0.717, 1.165) is 25.9 Å². The fourth-order valence-corrected chi connectivity index (χ4v) is 1.75. The molecule has 4 nitrogen and oxygen atoms in total. The lowest BCUT2D eigenvalue weighted by molar-refractivity contribution is 0.450. The van der Waals surface area contributed by atoms with Crippen LogP contribution in [0.2, 0.25) is 0 Å². The zero-order valence-corrected chi connectivity index (χ0v) is 7.42. The molecule has 70 valence electrons. The standard InChI is InChI=1S/C9H13N3O/c13-9-8(11-5-6-12-9)7-1-3-10-4-2-7/h5-7,10H,1-4H2,(H,12,13). The average Bonchev–Trinajstić information content (AvgIpc) is 2.20. The van der Waals surface area contributed by atoms with Gasteiger partial charge in [-0.05, 0) is 25.9 Å². The van der Waals surface area contributed by atoms with Gasteiger partial charge in [0.2, 0.25) is 0 Å². The molecule has 1 aromatic heterocycles. The molecule has 0 aliphatic carbocycles. The zero-order chi connectivity index (χ0) is 9.10. The maximum Gasteiger partial charge on any atom is 0.269 e. The van der Waals surface area contributed by atoms with Crippen LogP contribution in [-0.2, 0) is 0 Å². The largest absolute Gasteiger partial charge is 0.326 e. The molecule has 1 aliphatic heterocycles. The Bertz CT molecular complexity index is 328. The Labute approximate surface area is 76.4 Å². The summed E-state index contributed by atoms with van der Waals surface area (Å²) in [5, 5.41) is 3.26. The molecule has 1 aromatic rings. The molecule has 0 aromatic carbocycles. The van der Waals surface area contributed by atoms with Crippen LogP contribution in [0, 0.1) is 0 Å². The third-order valence-corrected chi connectivity index (χ3v) is 2.46. The van der Waals surface area contributed by atoms with Gasteiger partial charge in [-0.1, -0.05) is 0 Å². The van der Waals surface area contributed by atoms with Gasteiger partial charge in [0, 0.05) is 18.3 Å². The first-order valence-corrected chi connectivity index (χ1v) is 4.62. The number of H-pyrrole nitrogens is 1. The van der Waals surface area contributed by atoms with E-state index in [-0.39, 0.29) is 5.56 Å². The molecule has 0 radical (unpaired) electrons. The highest BCUT2D eigenvalue weighted by Crippen LogP contribution is 2.19. The molecule has 4 heteroatoms. The molecule has 0 atom stereocenters. The Morgan fingerprint density at radius 3 is 2.85 bits per heavy atom. The van der Waals surface area contributed by atoms with Crippen molar-refractivity contribution >= 4 is 0 Å². The summed E-state index contributed by atoms with van der Waals surface area (Å²) in [6.45, 7) is 1.97. The van der Waals surface area contributed by atoms with Crippen LogP contribution in [0.5, 0.6) is 0 Å². The lowest BCUT2D eigenvalue weighted by atomic mass is 9.95. The summed E-state index contributed by atoms with van der Waals surface area (Å²) in [7, 11) is 0. The van der Waals surface area contributed by atoms with E-state index < -0.39 is 0 Å². The molecular weight excluding hydrogens is 166 g/mol. The van der Waals surface area contributed by atoms with Crippen molar-refractivity contribution < 1.29 is 0 Å². The number of hydrogen-bond donors (Lipinski definition) is 2. The van der Waals surface area contributed by atoms with Crippen LogP contribution >= 0.6 is 0 Å². The van der Waals surface area contributed by atoms with Gasteiger partial charge >= 0.3 is 0 Å². The van der Waals surface area contributed by atoms with Crippen LogP contribution in [0.3, 0.4) is 0 Å². The molecule has 0 unspecified atom stereocenters. The van der Waals surface area contributed by atoms with Crippen molar-refractivity contribution in [2.45, 2.75) is 18.8 Å². The fraction of sp³-hybridized carbons (Fsp3) is 0.556. The first kappa shape index (κ1) is 8.44. The van der Waals surface area contributed by atoms with Gasteiger partial charge in [-0.25, -0.2) is 0 Å². The van der Waals surface area contributed by atoms with E-state index in [1.807, 2.05) is 0 Å². The summed E-state index contributed by atoms with van der Waals surface area (Å²) in [5.74, 6) is 0.339. The SMILES string of the molecule is O=c1[nH]ccnc1C1CCNCC1. The van der Waals surface area contributed by atoms with Gasteiger partial charge in [0.1, 0.15) is 5.69 Å². The Balaban J connectivity index is 2.24. The highest BCUT2D eigenvalue weighted by atomic mass is 16.1. The number of piperidine rings is 1. The van der Waals surface area contributed by atoms with E-state index >= 15 is 0 Å². The molecule has 0 bridgehead atoms. The molecule has 2 heterocycles. The van der Waals surface area contributed by atoms with Crippen molar-refractivity contribution in [3.05, 3.63) is 28.4 Å². The normalized spacial score (nSPS) is 18.8. The second-order valence-electron chi connectivity index (χ2n) is 3.33. The van der Waals surface area contributed by atoms with Crippen LogP contribution in [0.4, 0.5) is 0 Å². The number of aromatic amines is 1. The van der Waals surface area contributed by atoms with Crippen molar-refractivity contribution in [2.75, 3.05) is 13.1 Å². The van der Waals surface area contributed by atoms with Crippen LogP contribution < -0.4 is 10.9 Å². The highest BCUT2D eigenvalue weighted by Gasteiger charge is 2.18. The van der Waals surface area contributed by atoms with E-state index in [4.69, 9.17) is 0 Å². The minimum Gasteiger partial charge on any atom is -0.326 e. The van der Waals surface area contributed by atoms with Crippen LogP contribution in [-0.4, -0.2) is 23.1 Å². The first-order valence-electron chi connectivity index (χ1n) is 4.62. The van der Waals surface area contributed by atoms with Crippen molar-refractivity contribution in [3.63, 3.8) is 0 Å². The second kappa shape index (κ2) is 3.70. The molecular formula is C9H13N3O. The molecule has 13 heavy (non-hydrogen) atoms. The van der Waals surface area contributed by atoms with Crippen molar-refractivity contribution in [1.29, 1.82) is 0 Å². The van der Waals surface area contributed by atoms with Crippen LogP contribution in [0.25, 0.3) is 0 Å². The van der Waals surface area contributed by atoms with Gasteiger partial charge in [-0.2, -0.15) is 0 Å². The van der Waals surface area contributed by atoms with E-state index in [0.29, 0.717) is 11.6 Å². The topological polar surface area (TPSA) is 57.8 Å². The summed E-state index contributed by atoms with van der Waals surface area (Å²) in [4.78, 5) is 18.2. The molecule has 1 fully saturated rings. The second-order valence-corrected chi connectivity index (χ2v) is 3.33.